The van der Waals surface area contributed by atoms with Gasteiger partial charge in [0.25, 0.3) is 5.69 Å². The summed E-state index contributed by atoms with van der Waals surface area (Å²) < 4.78 is 0. The van der Waals surface area contributed by atoms with E-state index >= 15 is 0 Å². The Morgan fingerprint density at radius 1 is 1.19 bits per heavy atom. The topological polar surface area (TPSA) is 113 Å². The minimum Gasteiger partial charge on any atom is -0.353 e. The number of nitrogens with one attached hydrogen (secondary N) is 1. The zero-order chi connectivity index (χ0) is 23.4. The molecule has 0 fully saturated rings. The summed E-state index contributed by atoms with van der Waals surface area (Å²) in [5.74, 6) is -0.957. The zero-order valence-corrected chi connectivity index (χ0v) is 18.8. The van der Waals surface area contributed by atoms with E-state index in [1.807, 2.05) is 0 Å². The Bertz CT molecular complexity index is 1200. The van der Waals surface area contributed by atoms with Crippen molar-refractivity contribution in [2.45, 2.75) is 19.8 Å². The summed E-state index contributed by atoms with van der Waals surface area (Å²) in [6.07, 6.45) is 0. The lowest BCUT2D eigenvalue weighted by atomic mass is 9.81. The van der Waals surface area contributed by atoms with Crippen LogP contribution in [0.4, 0.5) is 5.69 Å². The minimum atomic E-state index is -0.576. The normalized spacial score (nSPS) is 15.8. The maximum absolute atomic E-state index is 12.6. The number of Topliss-reactive ketones (excluding diaryl/α,β-unsaturated/α-hetero) is 2. The van der Waals surface area contributed by atoms with Crippen LogP contribution in [0.1, 0.15) is 35.7 Å². The third-order valence-corrected chi connectivity index (χ3v) is 6.25. The monoisotopic (exact) mass is 467 g/mol. The fraction of sp³-hybridized carbons (Fsp3) is 0.174. The number of non-ortho nitro benzene ring substituents is 1. The molecule has 0 aliphatic carbocycles. The van der Waals surface area contributed by atoms with Gasteiger partial charge in [-0.25, -0.2) is 0 Å². The zero-order valence-electron chi connectivity index (χ0n) is 17.2. The van der Waals surface area contributed by atoms with Crippen molar-refractivity contribution in [2.75, 3.05) is 5.75 Å². The average molecular weight is 468 g/mol. The molecule has 2 aromatic rings. The first-order chi connectivity index (χ1) is 15.2. The van der Waals surface area contributed by atoms with E-state index in [1.165, 1.54) is 31.2 Å². The van der Waals surface area contributed by atoms with Gasteiger partial charge < -0.3 is 5.32 Å². The Morgan fingerprint density at radius 3 is 2.34 bits per heavy atom. The molecule has 1 atom stereocenters. The Balaban J connectivity index is 1.90. The summed E-state index contributed by atoms with van der Waals surface area (Å²) in [4.78, 5) is 35.3. The summed E-state index contributed by atoms with van der Waals surface area (Å²) in [6, 6.07) is 14.5. The van der Waals surface area contributed by atoms with Crippen molar-refractivity contribution in [3.63, 3.8) is 0 Å². The van der Waals surface area contributed by atoms with Crippen LogP contribution in [-0.4, -0.2) is 22.2 Å². The summed E-state index contributed by atoms with van der Waals surface area (Å²) in [5.41, 5.74) is 2.42. The number of carbonyl (C=O) groups excluding carboxylic acids is 2. The second-order valence-electron chi connectivity index (χ2n) is 7.07. The molecule has 2 aromatic carbocycles. The maximum atomic E-state index is 12.6. The first-order valence-electron chi connectivity index (χ1n) is 9.51. The van der Waals surface area contributed by atoms with E-state index in [0.717, 1.165) is 17.3 Å². The molecular formula is C23H18ClN3O4S. The SMILES string of the molecule is CC(=O)C1=C(C)NC(SCC(=O)c2ccc([N+](=O)[O-])cc2)=C(C#N)C1c1ccc(Cl)cc1. The van der Waals surface area contributed by atoms with Gasteiger partial charge in [0.05, 0.1) is 33.3 Å². The highest BCUT2D eigenvalue weighted by Gasteiger charge is 2.33. The summed E-state index contributed by atoms with van der Waals surface area (Å²) in [7, 11) is 0. The number of thioether (sulfide) groups is 1. The van der Waals surface area contributed by atoms with E-state index in [-0.39, 0.29) is 23.0 Å². The van der Waals surface area contributed by atoms with E-state index in [1.54, 1.807) is 31.2 Å². The number of nitriles is 1. The van der Waals surface area contributed by atoms with Crippen molar-refractivity contribution in [1.82, 2.24) is 5.32 Å². The molecule has 0 amide bonds. The highest BCUT2D eigenvalue weighted by Crippen LogP contribution is 2.41. The minimum absolute atomic E-state index is 0.0152. The second-order valence-corrected chi connectivity index (χ2v) is 8.50. The highest BCUT2D eigenvalue weighted by atomic mass is 35.5. The van der Waals surface area contributed by atoms with E-state index in [9.17, 15) is 25.0 Å². The molecule has 9 heteroatoms. The van der Waals surface area contributed by atoms with Gasteiger partial charge in [-0.1, -0.05) is 35.5 Å². The summed E-state index contributed by atoms with van der Waals surface area (Å²) >= 11 is 7.15. The third-order valence-electron chi connectivity index (χ3n) is 4.98. The molecule has 3 rings (SSSR count). The molecule has 0 aromatic heterocycles. The molecule has 1 heterocycles. The first kappa shape index (κ1) is 23.3. The van der Waals surface area contributed by atoms with E-state index in [0.29, 0.717) is 32.5 Å². The van der Waals surface area contributed by atoms with Crippen LogP contribution < -0.4 is 5.32 Å². The van der Waals surface area contributed by atoms with Gasteiger partial charge in [-0.3, -0.25) is 19.7 Å². The molecule has 32 heavy (non-hydrogen) atoms. The van der Waals surface area contributed by atoms with Crippen molar-refractivity contribution >= 4 is 40.6 Å². The number of benzene rings is 2. The fourth-order valence-electron chi connectivity index (χ4n) is 3.47. The molecule has 1 N–H and O–H groups in total. The molecule has 1 unspecified atom stereocenters. The Kier molecular flexibility index (Phi) is 7.13. The molecule has 0 bridgehead atoms. The Hall–Kier alpha value is -3.41. The van der Waals surface area contributed by atoms with Crippen LogP contribution >= 0.6 is 23.4 Å². The number of nitrogens with zero attached hydrogens (tertiary/aromatic N) is 2. The van der Waals surface area contributed by atoms with E-state index < -0.39 is 10.8 Å². The van der Waals surface area contributed by atoms with Gasteiger partial charge in [-0.05, 0) is 43.7 Å². The number of nitro benzene ring substituents is 1. The Labute approximate surface area is 193 Å². The number of carbonyl (C=O) groups is 2. The van der Waals surface area contributed by atoms with Gasteiger partial charge in [0.2, 0.25) is 0 Å². The predicted molar refractivity (Wildman–Crippen MR) is 123 cm³/mol. The standard InChI is InChI=1S/C23H18ClN3O4S/c1-13-21(14(2)28)22(16-3-7-17(24)8-4-16)19(11-25)23(26-13)32-12-20(29)15-5-9-18(10-6-15)27(30)31/h3-10,22,26H,12H2,1-2H3. The molecule has 0 spiro atoms. The van der Waals surface area contributed by atoms with Crippen molar-refractivity contribution in [1.29, 1.82) is 5.26 Å². The number of hydrogen-bond donors (Lipinski definition) is 1. The van der Waals surface area contributed by atoms with Crippen molar-refractivity contribution in [3.8, 4) is 6.07 Å². The molecule has 0 radical (unpaired) electrons. The van der Waals surface area contributed by atoms with Gasteiger partial charge in [-0.15, -0.1) is 0 Å². The van der Waals surface area contributed by atoms with Gasteiger partial charge in [0, 0.05) is 34.0 Å². The van der Waals surface area contributed by atoms with E-state index in [2.05, 4.69) is 11.4 Å². The molecule has 1 aliphatic rings. The van der Waals surface area contributed by atoms with Crippen molar-refractivity contribution in [2.24, 2.45) is 0 Å². The largest absolute Gasteiger partial charge is 0.353 e. The average Bonchev–Trinajstić information content (AvgIpc) is 2.77. The van der Waals surface area contributed by atoms with Crippen molar-refractivity contribution < 1.29 is 14.5 Å². The molecule has 0 saturated heterocycles. The molecule has 162 valence electrons. The number of ketones is 2. The third kappa shape index (κ3) is 4.90. The van der Waals surface area contributed by atoms with Crippen LogP contribution in [0.15, 0.2) is 70.4 Å². The number of rotatable bonds is 7. The summed E-state index contributed by atoms with van der Waals surface area (Å²) in [5, 5.41) is 24.9. The van der Waals surface area contributed by atoms with Gasteiger partial charge in [0.1, 0.15) is 0 Å². The van der Waals surface area contributed by atoms with Crippen LogP contribution in [-0.2, 0) is 4.79 Å². The van der Waals surface area contributed by atoms with E-state index in [4.69, 9.17) is 11.6 Å². The molecule has 0 saturated carbocycles. The van der Waals surface area contributed by atoms with Crippen LogP contribution in [0.3, 0.4) is 0 Å². The Morgan fingerprint density at radius 2 is 1.81 bits per heavy atom. The number of allylic oxidation sites excluding steroid dienone is 3. The van der Waals surface area contributed by atoms with Crippen LogP contribution in [0.5, 0.6) is 0 Å². The molecule has 1 aliphatic heterocycles. The fourth-order valence-corrected chi connectivity index (χ4v) is 4.58. The lowest BCUT2D eigenvalue weighted by Gasteiger charge is -2.29. The number of nitro groups is 1. The van der Waals surface area contributed by atoms with Gasteiger partial charge >= 0.3 is 0 Å². The number of hydrogen-bond acceptors (Lipinski definition) is 7. The molecular weight excluding hydrogens is 450 g/mol. The lowest BCUT2D eigenvalue weighted by Crippen LogP contribution is -2.27. The number of halogens is 1. The van der Waals surface area contributed by atoms with Crippen molar-refractivity contribution in [3.05, 3.63) is 96.7 Å². The predicted octanol–water partition coefficient (Wildman–Crippen LogP) is 5.15. The van der Waals surface area contributed by atoms with Crippen LogP contribution in [0, 0.1) is 21.4 Å². The van der Waals surface area contributed by atoms with Crippen LogP contribution in [0.2, 0.25) is 5.02 Å². The maximum Gasteiger partial charge on any atom is 0.269 e. The molecule has 7 nitrogen and oxygen atoms in total. The quantitative estimate of drug-likeness (QED) is 0.340. The highest BCUT2D eigenvalue weighted by molar-refractivity contribution is 8.03. The van der Waals surface area contributed by atoms with Crippen LogP contribution in [0.25, 0.3) is 0 Å². The summed E-state index contributed by atoms with van der Waals surface area (Å²) in [6.45, 7) is 3.21. The smallest absolute Gasteiger partial charge is 0.269 e. The second kappa shape index (κ2) is 9.81. The van der Waals surface area contributed by atoms with Gasteiger partial charge in [-0.2, -0.15) is 5.26 Å². The number of dihydropyridines is 1. The van der Waals surface area contributed by atoms with Gasteiger partial charge in [0.15, 0.2) is 11.6 Å². The first-order valence-corrected chi connectivity index (χ1v) is 10.9. The lowest BCUT2D eigenvalue weighted by molar-refractivity contribution is -0.384.